The molecule has 2 aromatic carbocycles. The van der Waals surface area contributed by atoms with E-state index in [0.717, 1.165) is 0 Å². The van der Waals surface area contributed by atoms with Crippen LogP contribution in [-0.4, -0.2) is 10.9 Å². The van der Waals surface area contributed by atoms with Gasteiger partial charge in [0.15, 0.2) is 5.78 Å². The Morgan fingerprint density at radius 1 is 1.05 bits per heavy atom. The summed E-state index contributed by atoms with van der Waals surface area (Å²) < 4.78 is 0. The average molecular weight is 328 g/mol. The number of ketones is 1. The average Bonchev–Trinajstić information content (AvgIpc) is 2.43. The molecule has 0 radical (unpaired) electrons. The van der Waals surface area contributed by atoms with Crippen molar-refractivity contribution in [3.05, 3.63) is 68.7 Å². The molecular formula is C15H9Cl3O2. The number of aromatic hydroxyl groups is 1. The van der Waals surface area contributed by atoms with E-state index < -0.39 is 0 Å². The third-order valence-corrected chi connectivity index (χ3v) is 3.76. The summed E-state index contributed by atoms with van der Waals surface area (Å²) in [7, 11) is 0. The van der Waals surface area contributed by atoms with Gasteiger partial charge in [0.05, 0.1) is 10.0 Å². The van der Waals surface area contributed by atoms with Gasteiger partial charge in [0.1, 0.15) is 5.75 Å². The van der Waals surface area contributed by atoms with Crippen molar-refractivity contribution >= 4 is 46.7 Å². The lowest BCUT2D eigenvalue weighted by molar-refractivity contribution is 0.104. The van der Waals surface area contributed by atoms with E-state index in [1.807, 2.05) is 0 Å². The van der Waals surface area contributed by atoms with Crippen molar-refractivity contribution in [2.24, 2.45) is 0 Å². The van der Waals surface area contributed by atoms with Crippen molar-refractivity contribution < 1.29 is 9.90 Å². The maximum Gasteiger partial charge on any atom is 0.185 e. The number of halogens is 3. The standard InChI is InChI=1S/C15H9Cl3O2/c16-12-5-6-13(17)15(18)11(12)4-7-14(20)9-2-1-3-10(19)8-9/h1-8,19H/b7-4+. The van der Waals surface area contributed by atoms with Gasteiger partial charge in [-0.05, 0) is 36.4 Å². The number of phenolic OH excluding ortho intramolecular Hbond substituents is 1. The van der Waals surface area contributed by atoms with Crippen molar-refractivity contribution in [3.63, 3.8) is 0 Å². The van der Waals surface area contributed by atoms with Crippen molar-refractivity contribution in [2.45, 2.75) is 0 Å². The molecule has 0 fully saturated rings. The summed E-state index contributed by atoms with van der Waals surface area (Å²) in [6.07, 6.45) is 2.83. The molecule has 1 N–H and O–H groups in total. The second kappa shape index (κ2) is 6.31. The van der Waals surface area contributed by atoms with Crippen LogP contribution < -0.4 is 0 Å². The third-order valence-electron chi connectivity index (χ3n) is 2.61. The Bertz CT molecular complexity index is 694. The first kappa shape index (κ1) is 14.9. The first-order valence-electron chi connectivity index (χ1n) is 5.64. The van der Waals surface area contributed by atoms with Gasteiger partial charge in [-0.15, -0.1) is 0 Å². The molecule has 102 valence electrons. The van der Waals surface area contributed by atoms with Crippen LogP contribution in [0.1, 0.15) is 15.9 Å². The van der Waals surface area contributed by atoms with Gasteiger partial charge in [0.25, 0.3) is 0 Å². The monoisotopic (exact) mass is 326 g/mol. The maximum atomic E-state index is 12.0. The second-order valence-corrected chi connectivity index (χ2v) is 5.20. The molecule has 2 aromatic rings. The number of carbonyl (C=O) groups is 1. The predicted octanol–water partition coefficient (Wildman–Crippen LogP) is 5.25. The van der Waals surface area contributed by atoms with Crippen LogP contribution in [0.25, 0.3) is 6.08 Å². The first-order chi connectivity index (χ1) is 9.49. The van der Waals surface area contributed by atoms with Gasteiger partial charge in [-0.3, -0.25) is 4.79 Å². The molecule has 0 aromatic heterocycles. The fraction of sp³-hybridized carbons (Fsp3) is 0. The lowest BCUT2D eigenvalue weighted by atomic mass is 10.1. The molecule has 0 bridgehead atoms. The highest BCUT2D eigenvalue weighted by Gasteiger charge is 2.08. The highest BCUT2D eigenvalue weighted by atomic mass is 35.5. The van der Waals surface area contributed by atoms with Gasteiger partial charge in [-0.1, -0.05) is 46.9 Å². The Balaban J connectivity index is 2.30. The van der Waals surface area contributed by atoms with Gasteiger partial charge in [-0.25, -0.2) is 0 Å². The normalized spacial score (nSPS) is 10.9. The van der Waals surface area contributed by atoms with Gasteiger partial charge < -0.3 is 5.11 Å². The number of allylic oxidation sites excluding steroid dienone is 1. The van der Waals surface area contributed by atoms with Crippen LogP contribution in [0.2, 0.25) is 15.1 Å². The van der Waals surface area contributed by atoms with E-state index in [4.69, 9.17) is 34.8 Å². The molecule has 0 saturated carbocycles. The van der Waals surface area contributed by atoms with Crippen LogP contribution in [0.3, 0.4) is 0 Å². The van der Waals surface area contributed by atoms with Crippen LogP contribution in [0, 0.1) is 0 Å². The van der Waals surface area contributed by atoms with E-state index in [-0.39, 0.29) is 11.5 Å². The van der Waals surface area contributed by atoms with E-state index in [2.05, 4.69) is 0 Å². The number of rotatable bonds is 3. The SMILES string of the molecule is O=C(/C=C/c1c(Cl)ccc(Cl)c1Cl)c1cccc(O)c1. The van der Waals surface area contributed by atoms with E-state index in [1.54, 1.807) is 24.3 Å². The summed E-state index contributed by atoms with van der Waals surface area (Å²) in [5.41, 5.74) is 0.852. The topological polar surface area (TPSA) is 37.3 Å². The molecule has 0 amide bonds. The van der Waals surface area contributed by atoms with E-state index in [9.17, 15) is 9.90 Å². The van der Waals surface area contributed by atoms with Gasteiger partial charge in [-0.2, -0.15) is 0 Å². The summed E-state index contributed by atoms with van der Waals surface area (Å²) >= 11 is 17.9. The Morgan fingerprint density at radius 2 is 1.75 bits per heavy atom. The van der Waals surface area contributed by atoms with Gasteiger partial charge >= 0.3 is 0 Å². The fourth-order valence-electron chi connectivity index (χ4n) is 1.61. The lowest BCUT2D eigenvalue weighted by Crippen LogP contribution is -1.93. The molecule has 5 heteroatoms. The van der Waals surface area contributed by atoms with Gasteiger partial charge in [0.2, 0.25) is 0 Å². The zero-order chi connectivity index (χ0) is 14.7. The summed E-state index contributed by atoms with van der Waals surface area (Å²) in [5, 5.41) is 10.4. The molecule has 0 heterocycles. The summed E-state index contributed by atoms with van der Waals surface area (Å²) in [6.45, 7) is 0. The maximum absolute atomic E-state index is 12.0. The molecule has 2 nitrogen and oxygen atoms in total. The van der Waals surface area contributed by atoms with Crippen LogP contribution >= 0.6 is 34.8 Å². The number of carbonyl (C=O) groups excluding carboxylic acids is 1. The molecule has 0 unspecified atom stereocenters. The number of hydrogen-bond acceptors (Lipinski definition) is 2. The minimum atomic E-state index is -0.270. The van der Waals surface area contributed by atoms with E-state index in [0.29, 0.717) is 26.2 Å². The molecule has 0 saturated heterocycles. The van der Waals surface area contributed by atoms with Crippen LogP contribution in [0.15, 0.2) is 42.5 Å². The van der Waals surface area contributed by atoms with E-state index in [1.165, 1.54) is 24.3 Å². The quantitative estimate of drug-likeness (QED) is 0.475. The molecule has 0 aliphatic carbocycles. The van der Waals surface area contributed by atoms with Crippen LogP contribution in [0.5, 0.6) is 5.75 Å². The Hall–Kier alpha value is -1.48. The molecule has 0 aliphatic heterocycles. The zero-order valence-corrected chi connectivity index (χ0v) is 12.4. The first-order valence-corrected chi connectivity index (χ1v) is 6.77. The fourth-order valence-corrected chi connectivity index (χ4v) is 2.27. The molecule has 0 spiro atoms. The summed E-state index contributed by atoms with van der Waals surface area (Å²) in [4.78, 5) is 12.0. The highest BCUT2D eigenvalue weighted by molar-refractivity contribution is 6.44. The Morgan fingerprint density at radius 3 is 2.45 bits per heavy atom. The predicted molar refractivity (Wildman–Crippen MR) is 82.9 cm³/mol. The number of hydrogen-bond donors (Lipinski definition) is 1. The largest absolute Gasteiger partial charge is 0.508 e. The molecule has 2 rings (SSSR count). The van der Waals surface area contributed by atoms with Crippen molar-refractivity contribution in [1.29, 1.82) is 0 Å². The van der Waals surface area contributed by atoms with E-state index >= 15 is 0 Å². The Kier molecular flexibility index (Phi) is 4.71. The third kappa shape index (κ3) is 3.34. The zero-order valence-electron chi connectivity index (χ0n) is 10.1. The molecule has 0 atom stereocenters. The number of phenols is 1. The molecule has 20 heavy (non-hydrogen) atoms. The van der Waals surface area contributed by atoms with Crippen molar-refractivity contribution in [3.8, 4) is 5.75 Å². The minimum Gasteiger partial charge on any atom is -0.508 e. The minimum absolute atomic E-state index is 0.0306. The molecule has 0 aliphatic rings. The van der Waals surface area contributed by atoms with Crippen LogP contribution in [-0.2, 0) is 0 Å². The highest BCUT2D eigenvalue weighted by Crippen LogP contribution is 2.32. The number of benzene rings is 2. The van der Waals surface area contributed by atoms with Crippen molar-refractivity contribution in [1.82, 2.24) is 0 Å². The molecular weight excluding hydrogens is 319 g/mol. The van der Waals surface area contributed by atoms with Crippen molar-refractivity contribution in [2.75, 3.05) is 0 Å². The van der Waals surface area contributed by atoms with Gasteiger partial charge in [0, 0.05) is 16.1 Å². The Labute approximate surface area is 131 Å². The smallest absolute Gasteiger partial charge is 0.185 e. The summed E-state index contributed by atoms with van der Waals surface area (Å²) in [5.74, 6) is -0.240. The second-order valence-electron chi connectivity index (χ2n) is 4.00. The summed E-state index contributed by atoms with van der Waals surface area (Å²) in [6, 6.07) is 9.26. The van der Waals surface area contributed by atoms with Crippen LogP contribution in [0.4, 0.5) is 0 Å². The lowest BCUT2D eigenvalue weighted by Gasteiger charge is -2.03.